The van der Waals surface area contributed by atoms with Crippen LogP contribution in [0.2, 0.25) is 0 Å². The Bertz CT molecular complexity index is 530. The third kappa shape index (κ3) is 3.74. The van der Waals surface area contributed by atoms with E-state index in [4.69, 9.17) is 0 Å². The molecule has 1 aromatic rings. The molecule has 18 heavy (non-hydrogen) atoms. The van der Waals surface area contributed by atoms with Crippen molar-refractivity contribution in [2.45, 2.75) is 18.7 Å². The maximum absolute atomic E-state index is 12.2. The smallest absolute Gasteiger partial charge is 0.202 e. The molecule has 0 bridgehead atoms. The van der Waals surface area contributed by atoms with Crippen molar-refractivity contribution in [2.75, 3.05) is 13.6 Å². The molecule has 0 saturated carbocycles. The van der Waals surface area contributed by atoms with Gasteiger partial charge in [-0.1, -0.05) is 18.2 Å². The average molecular weight is 265 g/mol. The first-order valence-corrected chi connectivity index (χ1v) is 7.32. The highest BCUT2D eigenvalue weighted by Crippen LogP contribution is 2.18. The third-order valence-corrected chi connectivity index (χ3v) is 4.52. The van der Waals surface area contributed by atoms with Gasteiger partial charge in [0.05, 0.1) is 4.90 Å². The van der Waals surface area contributed by atoms with Gasteiger partial charge in [0.15, 0.2) is 0 Å². The average Bonchev–Trinajstić information content (AvgIpc) is 2.39. The van der Waals surface area contributed by atoms with Crippen molar-refractivity contribution in [3.05, 3.63) is 53.6 Å². The minimum Gasteiger partial charge on any atom is -0.381 e. The number of allylic oxidation sites excluding steroid dienone is 3. The van der Waals surface area contributed by atoms with Crippen LogP contribution in [-0.4, -0.2) is 26.9 Å². The van der Waals surface area contributed by atoms with E-state index in [2.05, 4.69) is 0 Å². The molecule has 0 unspecified atom stereocenters. The Morgan fingerprint density at radius 1 is 1.28 bits per heavy atom. The molecule has 0 saturated heterocycles. The largest absolute Gasteiger partial charge is 0.381 e. The molecule has 4 heteroatoms. The van der Waals surface area contributed by atoms with Crippen molar-refractivity contribution < 1.29 is 8.42 Å². The van der Waals surface area contributed by atoms with Gasteiger partial charge >= 0.3 is 0 Å². The summed E-state index contributed by atoms with van der Waals surface area (Å²) in [5.74, 6) is 0. The van der Waals surface area contributed by atoms with Crippen LogP contribution in [0.15, 0.2) is 58.5 Å². The molecule has 0 atom stereocenters. The summed E-state index contributed by atoms with van der Waals surface area (Å²) in [5, 5.41) is 0. The van der Waals surface area contributed by atoms with E-state index in [-0.39, 0.29) is 0 Å². The van der Waals surface area contributed by atoms with E-state index in [1.807, 2.05) is 25.1 Å². The summed E-state index contributed by atoms with van der Waals surface area (Å²) in [6.07, 6.45) is 5.22. The van der Waals surface area contributed by atoms with Crippen LogP contribution in [0.25, 0.3) is 0 Å². The molecule has 0 amide bonds. The van der Waals surface area contributed by atoms with Crippen LogP contribution in [0, 0.1) is 0 Å². The van der Waals surface area contributed by atoms with E-state index in [9.17, 15) is 8.42 Å². The van der Waals surface area contributed by atoms with Gasteiger partial charge in [-0.2, -0.15) is 0 Å². The van der Waals surface area contributed by atoms with Crippen molar-refractivity contribution in [1.29, 1.82) is 0 Å². The maximum Gasteiger partial charge on any atom is 0.202 e. The minimum atomic E-state index is -3.35. The Morgan fingerprint density at radius 2 is 1.89 bits per heavy atom. The molecule has 0 aliphatic carbocycles. The predicted molar refractivity (Wildman–Crippen MR) is 74.8 cm³/mol. The first kappa shape index (κ1) is 14.5. The van der Waals surface area contributed by atoms with Crippen molar-refractivity contribution in [3.63, 3.8) is 0 Å². The second-order valence-electron chi connectivity index (χ2n) is 4.01. The van der Waals surface area contributed by atoms with Gasteiger partial charge in [-0.05, 0) is 44.3 Å². The molecule has 0 aromatic heterocycles. The molecule has 1 rings (SSSR count). The van der Waals surface area contributed by atoms with E-state index in [0.29, 0.717) is 9.80 Å². The van der Waals surface area contributed by atoms with Gasteiger partial charge in [-0.25, -0.2) is 8.42 Å². The number of rotatable bonds is 5. The molecule has 1 aromatic carbocycles. The topological polar surface area (TPSA) is 37.4 Å². The first-order chi connectivity index (χ1) is 8.48. The number of sulfone groups is 1. The molecular weight excluding hydrogens is 246 g/mol. The lowest BCUT2D eigenvalue weighted by Crippen LogP contribution is -2.08. The second-order valence-corrected chi connectivity index (χ2v) is 6.13. The highest BCUT2D eigenvalue weighted by atomic mass is 32.2. The molecule has 0 N–H and O–H groups in total. The second kappa shape index (κ2) is 6.40. The number of hydrogen-bond donors (Lipinski definition) is 0. The normalized spacial score (nSPS) is 12.9. The van der Waals surface area contributed by atoms with Crippen molar-refractivity contribution in [3.8, 4) is 0 Å². The van der Waals surface area contributed by atoms with Gasteiger partial charge in [-0.3, -0.25) is 0 Å². The van der Waals surface area contributed by atoms with E-state index < -0.39 is 9.84 Å². The van der Waals surface area contributed by atoms with Crippen LogP contribution in [0.4, 0.5) is 0 Å². The quantitative estimate of drug-likeness (QED) is 0.768. The van der Waals surface area contributed by atoms with Crippen LogP contribution in [0.1, 0.15) is 13.8 Å². The molecule has 0 aliphatic rings. The van der Waals surface area contributed by atoms with Crippen molar-refractivity contribution in [1.82, 2.24) is 4.90 Å². The van der Waals surface area contributed by atoms with Gasteiger partial charge in [0.2, 0.25) is 9.84 Å². The van der Waals surface area contributed by atoms with Gasteiger partial charge < -0.3 is 4.90 Å². The van der Waals surface area contributed by atoms with Crippen molar-refractivity contribution >= 4 is 9.84 Å². The van der Waals surface area contributed by atoms with Crippen LogP contribution in [-0.2, 0) is 9.84 Å². The molecule has 0 fully saturated rings. The van der Waals surface area contributed by atoms with Gasteiger partial charge in [-0.15, -0.1) is 0 Å². The number of benzene rings is 1. The zero-order chi connectivity index (χ0) is 13.6. The zero-order valence-electron chi connectivity index (χ0n) is 11.0. The molecule has 0 heterocycles. The Kier molecular flexibility index (Phi) is 5.16. The maximum atomic E-state index is 12.2. The van der Waals surface area contributed by atoms with Gasteiger partial charge in [0.1, 0.15) is 0 Å². The number of hydrogen-bond acceptors (Lipinski definition) is 3. The summed E-state index contributed by atoms with van der Waals surface area (Å²) in [4.78, 5) is 2.64. The standard InChI is InChI=1S/C14H19NO2S/c1-4-15(3)12-8-9-13(2)18(16,17)14-10-6-5-7-11-14/h5-12H,4H2,1-3H3. The van der Waals surface area contributed by atoms with E-state index >= 15 is 0 Å². The van der Waals surface area contributed by atoms with Crippen LogP contribution >= 0.6 is 0 Å². The van der Waals surface area contributed by atoms with E-state index in [1.54, 1.807) is 49.4 Å². The summed E-state index contributed by atoms with van der Waals surface area (Å²) >= 11 is 0. The molecule has 0 radical (unpaired) electrons. The Hall–Kier alpha value is -1.55. The van der Waals surface area contributed by atoms with Crippen LogP contribution < -0.4 is 0 Å². The lowest BCUT2D eigenvalue weighted by Gasteiger charge is -2.08. The summed E-state index contributed by atoms with van der Waals surface area (Å²) in [6.45, 7) is 4.52. The summed E-state index contributed by atoms with van der Waals surface area (Å²) in [5.41, 5.74) is 0. The van der Waals surface area contributed by atoms with Gasteiger partial charge in [0, 0.05) is 18.5 Å². The molecule has 3 nitrogen and oxygen atoms in total. The van der Waals surface area contributed by atoms with Gasteiger partial charge in [0.25, 0.3) is 0 Å². The highest BCUT2D eigenvalue weighted by molar-refractivity contribution is 7.95. The Balaban J connectivity index is 2.93. The predicted octanol–water partition coefficient (Wildman–Crippen LogP) is 2.83. The zero-order valence-corrected chi connectivity index (χ0v) is 11.8. The monoisotopic (exact) mass is 265 g/mol. The van der Waals surface area contributed by atoms with E-state index in [1.165, 1.54) is 0 Å². The van der Waals surface area contributed by atoms with Crippen molar-refractivity contribution in [2.24, 2.45) is 0 Å². The molecule has 98 valence electrons. The third-order valence-electron chi connectivity index (χ3n) is 2.65. The molecule has 0 spiro atoms. The lowest BCUT2D eigenvalue weighted by atomic mass is 10.4. The van der Waals surface area contributed by atoms with E-state index in [0.717, 1.165) is 6.54 Å². The fourth-order valence-corrected chi connectivity index (χ4v) is 2.45. The Morgan fingerprint density at radius 3 is 2.44 bits per heavy atom. The first-order valence-electron chi connectivity index (χ1n) is 5.84. The SMILES string of the molecule is CCN(C)C=CC=C(C)S(=O)(=O)c1ccccc1. The lowest BCUT2D eigenvalue weighted by molar-refractivity contribution is 0.484. The Labute approximate surface area is 109 Å². The minimum absolute atomic E-state index is 0.330. The van der Waals surface area contributed by atoms with Crippen LogP contribution in [0.5, 0.6) is 0 Å². The highest BCUT2D eigenvalue weighted by Gasteiger charge is 2.15. The molecule has 0 aliphatic heterocycles. The summed E-state index contributed by atoms with van der Waals surface area (Å²) in [7, 11) is -1.42. The summed E-state index contributed by atoms with van der Waals surface area (Å²) in [6, 6.07) is 8.46. The number of nitrogens with zero attached hydrogens (tertiary/aromatic N) is 1. The summed E-state index contributed by atoms with van der Waals surface area (Å²) < 4.78 is 24.3. The fourth-order valence-electron chi connectivity index (χ4n) is 1.31. The fraction of sp³-hybridized carbons (Fsp3) is 0.286. The molecular formula is C14H19NO2S. The van der Waals surface area contributed by atoms with Crippen LogP contribution in [0.3, 0.4) is 0 Å².